The van der Waals surface area contributed by atoms with Gasteiger partial charge in [0.1, 0.15) is 47.8 Å². The highest BCUT2D eigenvalue weighted by Crippen LogP contribution is 2.44. The van der Waals surface area contributed by atoms with Crippen molar-refractivity contribution in [1.82, 2.24) is 30.4 Å². The van der Waals surface area contributed by atoms with E-state index in [9.17, 15) is 19.2 Å². The van der Waals surface area contributed by atoms with Crippen molar-refractivity contribution in [1.29, 1.82) is 0 Å². The fraction of sp³-hybridized carbons (Fsp3) is 0.500. The van der Waals surface area contributed by atoms with Crippen LogP contribution in [0.5, 0.6) is 5.75 Å². The van der Waals surface area contributed by atoms with Crippen LogP contribution in [0.2, 0.25) is 0 Å². The van der Waals surface area contributed by atoms with Gasteiger partial charge in [-0.25, -0.2) is 18.2 Å². The zero-order chi connectivity index (χ0) is 51.2. The summed E-state index contributed by atoms with van der Waals surface area (Å²) in [6, 6.07) is 14.9. The molecule has 382 valence electrons. The van der Waals surface area contributed by atoms with Crippen LogP contribution >= 0.6 is 11.3 Å². The maximum atomic E-state index is 16.1. The van der Waals surface area contributed by atoms with E-state index in [-0.39, 0.29) is 63.2 Å². The highest BCUT2D eigenvalue weighted by Gasteiger charge is 2.46. The van der Waals surface area contributed by atoms with Gasteiger partial charge in [-0.2, -0.15) is 0 Å². The minimum atomic E-state index is -1.61. The number of thiazole rings is 1. The molecule has 3 N–H and O–H groups in total. The number of amides is 3. The predicted molar refractivity (Wildman–Crippen MR) is 268 cm³/mol. The van der Waals surface area contributed by atoms with Gasteiger partial charge in [0.05, 0.1) is 35.3 Å². The molecule has 1 fully saturated rings. The second-order valence-electron chi connectivity index (χ2n) is 20.5. The number of rotatable bonds is 20. The summed E-state index contributed by atoms with van der Waals surface area (Å²) in [6.45, 7) is 14.0. The number of ether oxygens (including phenoxy) is 3. The quantitative estimate of drug-likeness (QED) is 0.0511. The number of benzene rings is 3. The first-order chi connectivity index (χ1) is 33.7. The molecule has 0 saturated carbocycles. The SMILES string of the molecule is CC(=O)OC1CC(C(=O)NCc2ccc(-c3scnc3C)cc2)N(C(=O)C(NC(=O)COCCCCCCOc2cc(F)c([C@@H]3c4[nH]c5ccccc5c4C[C@@H](C)N3CC(C)(C)F)c(F)c2)C(C)(C)C)C1. The monoisotopic (exact) mass is 1000 g/mol. The van der Waals surface area contributed by atoms with Crippen LogP contribution in [0.1, 0.15) is 115 Å². The number of aromatic nitrogens is 2. The predicted octanol–water partition coefficient (Wildman–Crippen LogP) is 9.30. The fourth-order valence-electron chi connectivity index (χ4n) is 9.71. The van der Waals surface area contributed by atoms with Crippen LogP contribution in [-0.4, -0.2) is 106 Å². The Hall–Kier alpha value is -5.78. The molecule has 2 aliphatic heterocycles. The number of hydrogen-bond acceptors (Lipinski definition) is 10. The van der Waals surface area contributed by atoms with E-state index < -0.39 is 70.6 Å². The van der Waals surface area contributed by atoms with Gasteiger partial charge in [-0.15, -0.1) is 11.3 Å². The highest BCUT2D eigenvalue weighted by molar-refractivity contribution is 7.13. The summed E-state index contributed by atoms with van der Waals surface area (Å²) < 4.78 is 64.3. The van der Waals surface area contributed by atoms with Crippen molar-refractivity contribution >= 4 is 45.9 Å². The number of unbranched alkanes of at least 4 members (excludes halogenated alkanes) is 3. The number of para-hydroxylation sites is 1. The van der Waals surface area contributed by atoms with Crippen LogP contribution in [0.3, 0.4) is 0 Å². The van der Waals surface area contributed by atoms with Crippen molar-refractivity contribution in [2.45, 2.75) is 136 Å². The summed E-state index contributed by atoms with van der Waals surface area (Å²) >= 11 is 1.56. The second-order valence-corrected chi connectivity index (χ2v) is 21.4. The van der Waals surface area contributed by atoms with E-state index in [1.165, 1.54) is 37.8 Å². The summed E-state index contributed by atoms with van der Waals surface area (Å²) in [4.78, 5) is 65.1. The molecule has 3 amide bonds. The van der Waals surface area contributed by atoms with Gasteiger partial charge in [0.25, 0.3) is 0 Å². The van der Waals surface area contributed by atoms with Gasteiger partial charge in [-0.3, -0.25) is 24.1 Å². The van der Waals surface area contributed by atoms with E-state index in [0.717, 1.165) is 51.0 Å². The molecule has 3 aromatic carbocycles. The third kappa shape index (κ3) is 13.2. The van der Waals surface area contributed by atoms with Gasteiger partial charge in [-0.05, 0) is 81.5 Å². The van der Waals surface area contributed by atoms with Gasteiger partial charge in [0.15, 0.2) is 0 Å². The lowest BCUT2D eigenvalue weighted by molar-refractivity contribution is -0.147. The summed E-state index contributed by atoms with van der Waals surface area (Å²) in [5, 5.41) is 6.75. The Morgan fingerprint density at radius 2 is 1.65 bits per heavy atom. The molecule has 5 atom stereocenters. The van der Waals surface area contributed by atoms with Crippen molar-refractivity contribution in [3.63, 3.8) is 0 Å². The van der Waals surface area contributed by atoms with Crippen molar-refractivity contribution in [2.75, 3.05) is 32.9 Å². The number of carbonyl (C=O) groups excluding carboxylic acids is 4. The Bertz CT molecular complexity index is 2650. The van der Waals surface area contributed by atoms with Gasteiger partial charge in [-0.1, -0.05) is 69.7 Å². The minimum absolute atomic E-state index is 0.00332. The summed E-state index contributed by atoms with van der Waals surface area (Å²) in [5.74, 6) is -3.36. The van der Waals surface area contributed by atoms with Crippen molar-refractivity contribution < 1.29 is 46.6 Å². The molecule has 1 saturated heterocycles. The van der Waals surface area contributed by atoms with Crippen LogP contribution in [-0.2, 0) is 41.6 Å². The molecule has 3 unspecified atom stereocenters. The molecule has 17 heteroatoms. The number of nitrogens with zero attached hydrogens (tertiary/aromatic N) is 3. The molecule has 13 nitrogen and oxygen atoms in total. The third-order valence-corrected chi connectivity index (χ3v) is 14.1. The molecule has 0 spiro atoms. The number of aryl methyl sites for hydroxylation is 1. The molecule has 71 heavy (non-hydrogen) atoms. The molecule has 7 rings (SSSR count). The Balaban J connectivity index is 0.865. The first kappa shape index (κ1) is 53.0. The van der Waals surface area contributed by atoms with Crippen molar-refractivity contribution in [3.8, 4) is 16.2 Å². The van der Waals surface area contributed by atoms with Crippen LogP contribution in [0, 0.1) is 24.0 Å². The number of fused-ring (bicyclic) bond motifs is 3. The Kier molecular flexibility index (Phi) is 17.0. The van der Waals surface area contributed by atoms with Gasteiger partial charge in [0.2, 0.25) is 17.7 Å². The van der Waals surface area contributed by atoms with Crippen LogP contribution in [0.25, 0.3) is 21.3 Å². The Morgan fingerprint density at radius 3 is 2.30 bits per heavy atom. The Labute approximate surface area is 418 Å². The smallest absolute Gasteiger partial charge is 0.302 e. The zero-order valence-corrected chi connectivity index (χ0v) is 42.8. The number of nitrogens with one attached hydrogen (secondary N) is 3. The molecular weight excluding hydrogens is 934 g/mol. The largest absolute Gasteiger partial charge is 0.493 e. The number of H-pyrrole nitrogens is 1. The lowest BCUT2D eigenvalue weighted by Gasteiger charge is -2.43. The topological polar surface area (TPSA) is 155 Å². The maximum Gasteiger partial charge on any atom is 0.302 e. The minimum Gasteiger partial charge on any atom is -0.493 e. The zero-order valence-electron chi connectivity index (χ0n) is 42.0. The molecule has 4 heterocycles. The number of likely N-dealkylation sites (tertiary alicyclic amines) is 1. The lowest BCUT2D eigenvalue weighted by atomic mass is 9.85. The molecule has 5 aromatic rings. The summed E-state index contributed by atoms with van der Waals surface area (Å²) in [7, 11) is 0. The van der Waals surface area contributed by atoms with Crippen molar-refractivity contribution in [3.05, 3.63) is 106 Å². The highest BCUT2D eigenvalue weighted by atomic mass is 32.1. The number of hydrogen-bond donors (Lipinski definition) is 3. The van der Waals surface area contributed by atoms with E-state index in [1.54, 1.807) is 16.8 Å². The van der Waals surface area contributed by atoms with E-state index in [0.29, 0.717) is 25.0 Å². The van der Waals surface area contributed by atoms with Crippen LogP contribution in [0.4, 0.5) is 13.2 Å². The average molecular weight is 1000 g/mol. The molecular formula is C54H67F3N6O7S. The lowest BCUT2D eigenvalue weighted by Crippen LogP contribution is -2.58. The Morgan fingerprint density at radius 1 is 0.958 bits per heavy atom. The first-order valence-corrected chi connectivity index (χ1v) is 25.3. The fourth-order valence-corrected chi connectivity index (χ4v) is 10.5. The first-order valence-electron chi connectivity index (χ1n) is 24.5. The number of carbonyl (C=O) groups is 4. The van der Waals surface area contributed by atoms with Crippen LogP contribution < -0.4 is 15.4 Å². The summed E-state index contributed by atoms with van der Waals surface area (Å²) in [6.07, 6.45) is 2.73. The van der Waals surface area contributed by atoms with E-state index in [1.807, 2.05) is 88.0 Å². The summed E-state index contributed by atoms with van der Waals surface area (Å²) in [5.41, 5.74) is 4.63. The number of alkyl halides is 1. The maximum absolute atomic E-state index is 16.1. The van der Waals surface area contributed by atoms with Crippen LogP contribution in [0.15, 0.2) is 66.2 Å². The van der Waals surface area contributed by atoms with Gasteiger partial charge in [0, 0.05) is 73.4 Å². The van der Waals surface area contributed by atoms with E-state index in [2.05, 4.69) is 20.6 Å². The molecule has 2 aliphatic rings. The molecule has 0 aliphatic carbocycles. The third-order valence-electron chi connectivity index (χ3n) is 13.1. The van der Waals surface area contributed by atoms with Crippen molar-refractivity contribution in [2.24, 2.45) is 5.41 Å². The van der Waals surface area contributed by atoms with E-state index in [4.69, 9.17) is 14.2 Å². The second kappa shape index (κ2) is 22.7. The molecule has 0 radical (unpaired) electrons. The number of aromatic amines is 1. The number of halogens is 3. The standard InChI is InChI=1S/C54H67F3N6O7S/c1-32-23-40-39-15-11-12-16-43(39)60-47(40)48(63(32)30-54(7,8)57)46-41(55)24-37(25-42(46)56)69-22-14-10-9-13-21-68-29-45(65)61-50(53(4,5)6)52(67)62-28-38(70-34(3)64)26-44(62)51(66)58-27-35-17-19-36(20-18-35)49-33(2)59-31-71-49/h11-12,15-20,24-25,31-32,38,44,48,50,60H,9-10,13-14,21-23,26-30H2,1-8H3,(H,58,66)(H,61,65)/t32-,38?,44?,48-,50?/m1/s1. The molecule has 0 bridgehead atoms. The van der Waals surface area contributed by atoms with Gasteiger partial charge >= 0.3 is 5.97 Å². The average Bonchev–Trinajstić information content (AvgIpc) is 4.03. The van der Waals surface area contributed by atoms with E-state index >= 15 is 13.2 Å². The number of esters is 1. The molecule has 2 aromatic heterocycles. The van der Waals surface area contributed by atoms with Gasteiger partial charge < -0.3 is 34.7 Å². The normalized spacial score (nSPS) is 18.8.